The summed E-state index contributed by atoms with van der Waals surface area (Å²) in [5.41, 5.74) is 1.15. The molecule has 0 N–H and O–H groups in total. The highest BCUT2D eigenvalue weighted by atomic mass is 32.1. The van der Waals surface area contributed by atoms with Crippen molar-refractivity contribution in [2.45, 2.75) is 51.2 Å². The number of hydrogen-bond acceptors (Lipinski definition) is 6. The first-order chi connectivity index (χ1) is 10.6. The van der Waals surface area contributed by atoms with E-state index in [4.69, 9.17) is 14.0 Å². The molecular weight excluding hydrogens is 300 g/mol. The summed E-state index contributed by atoms with van der Waals surface area (Å²) in [4.78, 5) is 7.09. The van der Waals surface area contributed by atoms with Crippen LogP contribution in [0.4, 0.5) is 0 Å². The van der Waals surface area contributed by atoms with E-state index in [0.717, 1.165) is 43.2 Å². The molecule has 0 unspecified atom stereocenters. The topological polar surface area (TPSA) is 57.4 Å². The van der Waals surface area contributed by atoms with Gasteiger partial charge in [-0.3, -0.25) is 0 Å². The molecule has 0 saturated carbocycles. The summed E-state index contributed by atoms with van der Waals surface area (Å²) in [6, 6.07) is 2.13. The fourth-order valence-electron chi connectivity index (χ4n) is 3.21. The number of rotatable bonds is 2. The standard InChI is InChI=1S/C16H20N2O3S/c1-16(2)8-10(3-6-20-16)14-17-15(21-18-14)13-7-11-9-19-5-4-12(11)22-13/h7,10H,3-6,8-9H2,1-2H3/t10-/m0/s1. The summed E-state index contributed by atoms with van der Waals surface area (Å²) in [7, 11) is 0. The summed E-state index contributed by atoms with van der Waals surface area (Å²) >= 11 is 1.75. The molecule has 1 saturated heterocycles. The van der Waals surface area contributed by atoms with E-state index in [-0.39, 0.29) is 5.60 Å². The van der Waals surface area contributed by atoms with Gasteiger partial charge in [-0.1, -0.05) is 5.16 Å². The molecule has 0 radical (unpaired) electrons. The van der Waals surface area contributed by atoms with Gasteiger partial charge in [0.05, 0.1) is 23.7 Å². The summed E-state index contributed by atoms with van der Waals surface area (Å²) < 4.78 is 16.8. The molecule has 22 heavy (non-hydrogen) atoms. The Hall–Kier alpha value is -1.24. The molecule has 1 atom stereocenters. The maximum atomic E-state index is 5.77. The van der Waals surface area contributed by atoms with Crippen LogP contribution in [0.1, 0.15) is 48.9 Å². The molecular formula is C16H20N2O3S. The van der Waals surface area contributed by atoms with Crippen molar-refractivity contribution < 1.29 is 14.0 Å². The molecule has 2 aliphatic heterocycles. The van der Waals surface area contributed by atoms with Crippen LogP contribution in [0.2, 0.25) is 0 Å². The zero-order valence-corrected chi connectivity index (χ0v) is 13.7. The van der Waals surface area contributed by atoms with Gasteiger partial charge < -0.3 is 14.0 Å². The lowest BCUT2D eigenvalue weighted by Crippen LogP contribution is -2.33. The van der Waals surface area contributed by atoms with Crippen LogP contribution in [0.15, 0.2) is 10.6 Å². The van der Waals surface area contributed by atoms with Gasteiger partial charge in [-0.2, -0.15) is 4.98 Å². The SMILES string of the molecule is CC1(C)C[C@@H](c2noc(-c3cc4c(s3)CCOC4)n2)CCO1. The quantitative estimate of drug-likeness (QED) is 0.847. The number of fused-ring (bicyclic) bond motifs is 1. The summed E-state index contributed by atoms with van der Waals surface area (Å²) in [5.74, 6) is 1.77. The Bertz CT molecular complexity index is 653. The van der Waals surface area contributed by atoms with Crippen LogP contribution in [0.25, 0.3) is 10.8 Å². The van der Waals surface area contributed by atoms with Gasteiger partial charge in [-0.15, -0.1) is 11.3 Å². The van der Waals surface area contributed by atoms with Crippen LogP contribution in [-0.2, 0) is 22.5 Å². The molecule has 5 nitrogen and oxygen atoms in total. The Balaban J connectivity index is 1.57. The first-order valence-electron chi connectivity index (χ1n) is 7.78. The van der Waals surface area contributed by atoms with Crippen molar-refractivity contribution in [1.82, 2.24) is 10.1 Å². The molecule has 0 aliphatic carbocycles. The molecule has 2 aromatic rings. The van der Waals surface area contributed by atoms with Gasteiger partial charge in [0.15, 0.2) is 5.82 Å². The average molecular weight is 320 g/mol. The van der Waals surface area contributed by atoms with E-state index in [1.54, 1.807) is 11.3 Å². The Kier molecular flexibility index (Phi) is 3.55. The van der Waals surface area contributed by atoms with E-state index in [1.165, 1.54) is 10.4 Å². The van der Waals surface area contributed by atoms with Gasteiger partial charge in [0.25, 0.3) is 5.89 Å². The number of aromatic nitrogens is 2. The second kappa shape index (κ2) is 5.44. The van der Waals surface area contributed by atoms with Gasteiger partial charge in [-0.05, 0) is 38.3 Å². The Labute approximate surface area is 133 Å². The predicted molar refractivity (Wildman–Crippen MR) is 83.0 cm³/mol. The third-order valence-corrected chi connectivity index (χ3v) is 5.57. The van der Waals surface area contributed by atoms with Gasteiger partial charge in [0.2, 0.25) is 0 Å². The minimum Gasteiger partial charge on any atom is -0.376 e. The van der Waals surface area contributed by atoms with Crippen LogP contribution < -0.4 is 0 Å². The normalized spacial score (nSPS) is 24.2. The first kappa shape index (κ1) is 14.4. The summed E-state index contributed by atoms with van der Waals surface area (Å²) in [6.45, 7) is 6.49. The maximum absolute atomic E-state index is 5.77. The molecule has 6 heteroatoms. The Morgan fingerprint density at radius 3 is 3.05 bits per heavy atom. The van der Waals surface area contributed by atoms with Gasteiger partial charge >= 0.3 is 0 Å². The smallest absolute Gasteiger partial charge is 0.268 e. The molecule has 0 bridgehead atoms. The highest BCUT2D eigenvalue weighted by molar-refractivity contribution is 7.15. The van der Waals surface area contributed by atoms with Gasteiger partial charge in [0.1, 0.15) is 0 Å². The molecule has 2 aliphatic rings. The Morgan fingerprint density at radius 2 is 2.23 bits per heavy atom. The van der Waals surface area contributed by atoms with Crippen molar-refractivity contribution in [2.24, 2.45) is 0 Å². The van der Waals surface area contributed by atoms with Crippen LogP contribution in [0, 0.1) is 0 Å². The van der Waals surface area contributed by atoms with Crippen molar-refractivity contribution in [3.05, 3.63) is 22.3 Å². The molecule has 2 aromatic heterocycles. The lowest BCUT2D eigenvalue weighted by molar-refractivity contribution is -0.0604. The van der Waals surface area contributed by atoms with E-state index >= 15 is 0 Å². The highest BCUT2D eigenvalue weighted by Gasteiger charge is 2.32. The highest BCUT2D eigenvalue weighted by Crippen LogP contribution is 2.37. The summed E-state index contributed by atoms with van der Waals surface area (Å²) in [6.07, 6.45) is 2.87. The van der Waals surface area contributed by atoms with Crippen molar-refractivity contribution in [1.29, 1.82) is 0 Å². The van der Waals surface area contributed by atoms with E-state index < -0.39 is 0 Å². The minimum absolute atomic E-state index is 0.108. The van der Waals surface area contributed by atoms with Crippen molar-refractivity contribution >= 4 is 11.3 Å². The number of ether oxygens (including phenoxy) is 2. The van der Waals surface area contributed by atoms with E-state index in [1.807, 2.05) is 0 Å². The van der Waals surface area contributed by atoms with Crippen LogP contribution in [-0.4, -0.2) is 29.0 Å². The van der Waals surface area contributed by atoms with Crippen LogP contribution in [0.5, 0.6) is 0 Å². The third-order valence-electron chi connectivity index (χ3n) is 4.34. The first-order valence-corrected chi connectivity index (χ1v) is 8.60. The van der Waals surface area contributed by atoms with Gasteiger partial charge in [-0.25, -0.2) is 0 Å². The number of thiophene rings is 1. The van der Waals surface area contributed by atoms with Crippen LogP contribution >= 0.6 is 11.3 Å². The molecule has 0 aromatic carbocycles. The van der Waals surface area contributed by atoms with Crippen molar-refractivity contribution in [3.8, 4) is 10.8 Å². The van der Waals surface area contributed by atoms with E-state index in [2.05, 4.69) is 30.1 Å². The zero-order chi connectivity index (χ0) is 15.2. The number of nitrogens with zero attached hydrogens (tertiary/aromatic N) is 2. The van der Waals surface area contributed by atoms with Gasteiger partial charge in [0, 0.05) is 23.8 Å². The Morgan fingerprint density at radius 1 is 1.32 bits per heavy atom. The molecule has 4 rings (SSSR count). The monoisotopic (exact) mass is 320 g/mol. The largest absolute Gasteiger partial charge is 0.376 e. The molecule has 118 valence electrons. The average Bonchev–Trinajstić information content (AvgIpc) is 3.13. The minimum atomic E-state index is -0.108. The second-order valence-electron chi connectivity index (χ2n) is 6.62. The molecule has 0 amide bonds. The molecule has 1 fully saturated rings. The fraction of sp³-hybridized carbons (Fsp3) is 0.625. The fourth-order valence-corrected chi connectivity index (χ4v) is 4.28. The zero-order valence-electron chi connectivity index (χ0n) is 12.9. The number of hydrogen-bond donors (Lipinski definition) is 0. The van der Waals surface area contributed by atoms with Crippen molar-refractivity contribution in [2.75, 3.05) is 13.2 Å². The predicted octanol–water partition coefficient (Wildman–Crippen LogP) is 3.54. The van der Waals surface area contributed by atoms with Crippen molar-refractivity contribution in [3.63, 3.8) is 0 Å². The lowest BCUT2D eigenvalue weighted by atomic mass is 9.88. The second-order valence-corrected chi connectivity index (χ2v) is 7.75. The summed E-state index contributed by atoms with van der Waals surface area (Å²) in [5, 5.41) is 4.22. The van der Waals surface area contributed by atoms with E-state index in [0.29, 0.717) is 18.4 Å². The molecule has 4 heterocycles. The maximum Gasteiger partial charge on any atom is 0.268 e. The van der Waals surface area contributed by atoms with E-state index in [9.17, 15) is 0 Å². The lowest BCUT2D eigenvalue weighted by Gasteiger charge is -2.34. The molecule has 0 spiro atoms. The van der Waals surface area contributed by atoms with Crippen LogP contribution in [0.3, 0.4) is 0 Å². The third kappa shape index (κ3) is 2.71.